The van der Waals surface area contributed by atoms with Crippen LogP contribution < -0.4 is 0 Å². The minimum absolute atomic E-state index is 0.327. The van der Waals surface area contributed by atoms with E-state index in [2.05, 4.69) is 52.8 Å². The SMILES string of the molecule is Cc1cc(C)c(C(=O)OC(=O)c2c(C)cc(C)c(-c3c(C(C)C)cccc3C(C)C)c2C)c(C)c1. The number of benzene rings is 3. The Bertz CT molecular complexity index is 1260. The van der Waals surface area contributed by atoms with Gasteiger partial charge >= 0.3 is 11.9 Å². The summed E-state index contributed by atoms with van der Waals surface area (Å²) in [6, 6.07) is 12.4. The van der Waals surface area contributed by atoms with Crippen LogP contribution in [0.25, 0.3) is 11.1 Å². The molecule has 0 heterocycles. The Morgan fingerprint density at radius 1 is 0.629 bits per heavy atom. The first-order valence-corrected chi connectivity index (χ1v) is 12.4. The highest BCUT2D eigenvalue weighted by atomic mass is 16.6. The molecule has 0 aliphatic heterocycles. The monoisotopic (exact) mass is 470 g/mol. The first-order chi connectivity index (χ1) is 16.3. The first-order valence-electron chi connectivity index (χ1n) is 12.4. The van der Waals surface area contributed by atoms with Gasteiger partial charge in [-0.3, -0.25) is 0 Å². The Balaban J connectivity index is 2.17. The zero-order chi connectivity index (χ0) is 26.2. The second-order valence-corrected chi connectivity index (χ2v) is 10.5. The van der Waals surface area contributed by atoms with Crippen LogP contribution in [0.5, 0.6) is 0 Å². The van der Waals surface area contributed by atoms with Crippen molar-refractivity contribution in [3.05, 3.63) is 92.0 Å². The van der Waals surface area contributed by atoms with Crippen molar-refractivity contribution in [1.82, 2.24) is 0 Å². The molecular formula is C32H38O3. The fourth-order valence-corrected chi connectivity index (χ4v) is 5.41. The van der Waals surface area contributed by atoms with Gasteiger partial charge in [0.25, 0.3) is 0 Å². The predicted molar refractivity (Wildman–Crippen MR) is 145 cm³/mol. The second kappa shape index (κ2) is 10.2. The Hall–Kier alpha value is -3.20. The van der Waals surface area contributed by atoms with E-state index in [0.717, 1.165) is 38.9 Å². The molecule has 0 aromatic heterocycles. The van der Waals surface area contributed by atoms with Gasteiger partial charge in [0.05, 0.1) is 11.1 Å². The number of rotatable bonds is 5. The highest BCUT2D eigenvalue weighted by Crippen LogP contribution is 2.41. The van der Waals surface area contributed by atoms with Gasteiger partial charge in [0.1, 0.15) is 0 Å². The molecule has 0 aliphatic carbocycles. The third-order valence-electron chi connectivity index (χ3n) is 6.87. The lowest BCUT2D eigenvalue weighted by molar-refractivity contribution is 0.0396. The summed E-state index contributed by atoms with van der Waals surface area (Å²) >= 11 is 0. The maximum Gasteiger partial charge on any atom is 0.346 e. The molecule has 3 heteroatoms. The van der Waals surface area contributed by atoms with Gasteiger partial charge in [-0.1, -0.05) is 69.7 Å². The highest BCUT2D eigenvalue weighted by Gasteiger charge is 2.26. The quantitative estimate of drug-likeness (QED) is 0.277. The van der Waals surface area contributed by atoms with Gasteiger partial charge in [-0.15, -0.1) is 0 Å². The van der Waals surface area contributed by atoms with E-state index in [9.17, 15) is 9.59 Å². The molecule has 0 unspecified atom stereocenters. The number of carbonyl (C=O) groups excluding carboxylic acids is 2. The molecule has 0 bridgehead atoms. The van der Waals surface area contributed by atoms with Crippen molar-refractivity contribution in [2.45, 2.75) is 81.1 Å². The second-order valence-electron chi connectivity index (χ2n) is 10.5. The Morgan fingerprint density at radius 3 is 1.57 bits per heavy atom. The fourth-order valence-electron chi connectivity index (χ4n) is 5.41. The highest BCUT2D eigenvalue weighted by molar-refractivity contribution is 6.06. The summed E-state index contributed by atoms with van der Waals surface area (Å²) in [4.78, 5) is 26.5. The molecule has 0 saturated heterocycles. The number of carbonyl (C=O) groups is 2. The molecule has 3 nitrogen and oxygen atoms in total. The minimum atomic E-state index is -0.601. The van der Waals surface area contributed by atoms with E-state index in [-0.39, 0.29) is 0 Å². The van der Waals surface area contributed by atoms with Crippen molar-refractivity contribution in [3.63, 3.8) is 0 Å². The number of hydrogen-bond acceptors (Lipinski definition) is 3. The largest absolute Gasteiger partial charge is 0.386 e. The van der Waals surface area contributed by atoms with E-state index in [0.29, 0.717) is 23.0 Å². The van der Waals surface area contributed by atoms with Crippen LogP contribution in [0.15, 0.2) is 36.4 Å². The lowest BCUT2D eigenvalue weighted by Crippen LogP contribution is -2.18. The van der Waals surface area contributed by atoms with Crippen molar-refractivity contribution >= 4 is 11.9 Å². The van der Waals surface area contributed by atoms with Gasteiger partial charge in [0.15, 0.2) is 0 Å². The first kappa shape index (κ1) is 26.4. The molecule has 0 amide bonds. The van der Waals surface area contributed by atoms with Crippen LogP contribution in [0.4, 0.5) is 0 Å². The smallest absolute Gasteiger partial charge is 0.346 e. The molecule has 0 aliphatic rings. The molecule has 3 aromatic rings. The van der Waals surface area contributed by atoms with E-state index in [1.165, 1.54) is 16.7 Å². The third kappa shape index (κ3) is 5.10. The number of hydrogen-bond donors (Lipinski definition) is 0. The van der Waals surface area contributed by atoms with Crippen molar-refractivity contribution < 1.29 is 14.3 Å². The molecule has 0 radical (unpaired) electrons. The van der Waals surface area contributed by atoms with E-state index in [1.807, 2.05) is 52.8 Å². The number of esters is 2. The van der Waals surface area contributed by atoms with Gasteiger partial charge < -0.3 is 4.74 Å². The maximum absolute atomic E-state index is 13.4. The normalized spacial score (nSPS) is 11.3. The summed E-state index contributed by atoms with van der Waals surface area (Å²) < 4.78 is 5.49. The lowest BCUT2D eigenvalue weighted by atomic mass is 9.80. The van der Waals surface area contributed by atoms with Crippen LogP contribution in [-0.4, -0.2) is 11.9 Å². The van der Waals surface area contributed by atoms with Crippen LogP contribution in [0.2, 0.25) is 0 Å². The van der Waals surface area contributed by atoms with Crippen molar-refractivity contribution in [2.24, 2.45) is 0 Å². The van der Waals surface area contributed by atoms with Gasteiger partial charge in [0, 0.05) is 0 Å². The molecule has 3 rings (SSSR count). The van der Waals surface area contributed by atoms with Gasteiger partial charge in [-0.2, -0.15) is 0 Å². The molecule has 0 fully saturated rings. The molecule has 0 atom stereocenters. The minimum Gasteiger partial charge on any atom is -0.386 e. The average Bonchev–Trinajstić information content (AvgIpc) is 2.72. The lowest BCUT2D eigenvalue weighted by Gasteiger charge is -2.24. The summed E-state index contributed by atoms with van der Waals surface area (Å²) in [5.41, 5.74) is 11.2. The van der Waals surface area contributed by atoms with E-state index < -0.39 is 11.9 Å². The Kier molecular flexibility index (Phi) is 7.69. The predicted octanol–water partition coefficient (Wildman–Crippen LogP) is 8.45. The Labute approximate surface area is 210 Å². The van der Waals surface area contributed by atoms with Crippen LogP contribution in [0, 0.1) is 41.5 Å². The molecule has 0 saturated carbocycles. The summed E-state index contributed by atoms with van der Waals surface area (Å²) in [6.45, 7) is 20.5. The summed E-state index contributed by atoms with van der Waals surface area (Å²) in [7, 11) is 0. The number of ether oxygens (including phenoxy) is 1. The molecule has 3 aromatic carbocycles. The van der Waals surface area contributed by atoms with Crippen LogP contribution in [0.1, 0.15) is 105 Å². The number of aryl methyl sites for hydroxylation is 5. The third-order valence-corrected chi connectivity index (χ3v) is 6.87. The maximum atomic E-state index is 13.4. The zero-order valence-corrected chi connectivity index (χ0v) is 22.8. The topological polar surface area (TPSA) is 43.4 Å². The van der Waals surface area contributed by atoms with E-state index >= 15 is 0 Å². The van der Waals surface area contributed by atoms with Crippen molar-refractivity contribution in [3.8, 4) is 11.1 Å². The summed E-state index contributed by atoms with van der Waals surface area (Å²) in [6.07, 6.45) is 0. The van der Waals surface area contributed by atoms with Crippen LogP contribution >= 0.6 is 0 Å². The van der Waals surface area contributed by atoms with Gasteiger partial charge in [-0.05, 0) is 103 Å². The summed E-state index contributed by atoms with van der Waals surface area (Å²) in [5.74, 6) is -0.545. The molecular weight excluding hydrogens is 432 g/mol. The Morgan fingerprint density at radius 2 is 1.09 bits per heavy atom. The van der Waals surface area contributed by atoms with Crippen molar-refractivity contribution in [2.75, 3.05) is 0 Å². The van der Waals surface area contributed by atoms with E-state index in [1.54, 1.807) is 0 Å². The molecule has 184 valence electrons. The molecule has 0 N–H and O–H groups in total. The standard InChI is InChI=1S/C32H38O3/c1-17(2)25-12-11-13-26(18(3)4)30(25)28-22(8)16-23(9)29(24(28)10)32(34)35-31(33)27-20(6)14-19(5)15-21(27)7/h11-18H,1-10H3. The zero-order valence-electron chi connectivity index (χ0n) is 22.8. The average molecular weight is 471 g/mol. The van der Waals surface area contributed by atoms with Crippen molar-refractivity contribution in [1.29, 1.82) is 0 Å². The fraction of sp³-hybridized carbons (Fsp3) is 0.375. The van der Waals surface area contributed by atoms with E-state index in [4.69, 9.17) is 4.74 Å². The van der Waals surface area contributed by atoms with Gasteiger partial charge in [0.2, 0.25) is 0 Å². The van der Waals surface area contributed by atoms with Crippen LogP contribution in [-0.2, 0) is 4.74 Å². The summed E-state index contributed by atoms with van der Waals surface area (Å²) in [5, 5.41) is 0. The molecule has 0 spiro atoms. The van der Waals surface area contributed by atoms with Crippen LogP contribution in [0.3, 0.4) is 0 Å². The van der Waals surface area contributed by atoms with Gasteiger partial charge in [-0.25, -0.2) is 9.59 Å². The molecule has 35 heavy (non-hydrogen) atoms.